The van der Waals surface area contributed by atoms with Gasteiger partial charge in [-0.15, -0.1) is 11.3 Å². The number of aryl methyl sites for hydroxylation is 2. The zero-order valence-electron chi connectivity index (χ0n) is 11.7. The number of benzene rings is 1. The van der Waals surface area contributed by atoms with Crippen molar-refractivity contribution in [1.29, 1.82) is 0 Å². The Morgan fingerprint density at radius 2 is 1.95 bits per heavy atom. The second kappa shape index (κ2) is 5.18. The van der Waals surface area contributed by atoms with Gasteiger partial charge in [0.2, 0.25) is 0 Å². The van der Waals surface area contributed by atoms with E-state index in [1.54, 1.807) is 22.2 Å². The first-order valence-electron chi connectivity index (χ1n) is 6.52. The molecule has 0 aliphatic rings. The fraction of sp³-hybridized carbons (Fsp3) is 0.125. The van der Waals surface area contributed by atoms with Gasteiger partial charge in [-0.05, 0) is 37.6 Å². The molecule has 1 aromatic carbocycles. The van der Waals surface area contributed by atoms with E-state index >= 15 is 0 Å². The van der Waals surface area contributed by atoms with Crippen molar-refractivity contribution in [2.24, 2.45) is 0 Å². The van der Waals surface area contributed by atoms with Gasteiger partial charge in [-0.1, -0.05) is 18.2 Å². The number of carboxylic acids is 1. The Morgan fingerprint density at radius 3 is 2.57 bits per heavy atom. The number of aromatic carboxylic acids is 1. The monoisotopic (exact) mass is 298 g/mol. The van der Waals surface area contributed by atoms with Crippen molar-refractivity contribution < 1.29 is 9.90 Å². The lowest BCUT2D eigenvalue weighted by molar-refractivity contribution is 0.0697. The molecule has 0 saturated heterocycles. The van der Waals surface area contributed by atoms with Gasteiger partial charge in [0.25, 0.3) is 0 Å². The number of aromatic nitrogens is 2. The molecule has 4 nitrogen and oxygen atoms in total. The highest BCUT2D eigenvalue weighted by Gasteiger charge is 2.19. The van der Waals surface area contributed by atoms with Gasteiger partial charge < -0.3 is 5.11 Å². The van der Waals surface area contributed by atoms with Crippen LogP contribution in [0.1, 0.15) is 20.8 Å². The fourth-order valence-electron chi connectivity index (χ4n) is 2.22. The summed E-state index contributed by atoms with van der Waals surface area (Å²) in [6.07, 6.45) is 1.58. The van der Waals surface area contributed by atoms with Gasteiger partial charge >= 0.3 is 5.97 Å². The molecule has 0 unspecified atom stereocenters. The quantitative estimate of drug-likeness (QED) is 0.797. The zero-order valence-corrected chi connectivity index (χ0v) is 12.5. The normalized spacial score (nSPS) is 10.8. The minimum absolute atomic E-state index is 0.222. The van der Waals surface area contributed by atoms with E-state index in [4.69, 9.17) is 0 Å². The Morgan fingerprint density at radius 1 is 1.19 bits per heavy atom. The van der Waals surface area contributed by atoms with Crippen LogP contribution in [0.25, 0.3) is 16.3 Å². The van der Waals surface area contributed by atoms with Crippen molar-refractivity contribution in [2.75, 3.05) is 0 Å². The summed E-state index contributed by atoms with van der Waals surface area (Å²) in [5, 5.41) is 13.9. The lowest BCUT2D eigenvalue weighted by atomic mass is 10.2. The number of thiophene rings is 1. The molecule has 0 bridgehead atoms. The van der Waals surface area contributed by atoms with Gasteiger partial charge in [0, 0.05) is 11.1 Å². The average molecular weight is 298 g/mol. The number of para-hydroxylation sites is 1. The summed E-state index contributed by atoms with van der Waals surface area (Å²) < 4.78 is 1.64. The minimum atomic E-state index is -0.962. The van der Waals surface area contributed by atoms with Gasteiger partial charge in [0.05, 0.1) is 10.6 Å². The molecule has 2 heterocycles. The van der Waals surface area contributed by atoms with Crippen LogP contribution in [0.3, 0.4) is 0 Å². The molecule has 106 valence electrons. The smallest absolute Gasteiger partial charge is 0.339 e. The predicted molar refractivity (Wildman–Crippen MR) is 83.3 cm³/mol. The van der Waals surface area contributed by atoms with Gasteiger partial charge in [0.15, 0.2) is 0 Å². The van der Waals surface area contributed by atoms with E-state index in [9.17, 15) is 9.90 Å². The third-order valence-corrected chi connectivity index (χ3v) is 4.29. The molecule has 1 N–H and O–H groups in total. The van der Waals surface area contributed by atoms with Crippen LogP contribution in [0.2, 0.25) is 0 Å². The van der Waals surface area contributed by atoms with E-state index in [0.717, 1.165) is 21.0 Å². The van der Waals surface area contributed by atoms with Crippen LogP contribution in [-0.4, -0.2) is 20.9 Å². The maximum Gasteiger partial charge on any atom is 0.339 e. The van der Waals surface area contributed by atoms with Crippen LogP contribution in [0.15, 0.2) is 42.6 Å². The second-order valence-corrected chi connectivity index (χ2v) is 6.13. The maximum absolute atomic E-state index is 11.5. The van der Waals surface area contributed by atoms with Crippen molar-refractivity contribution in [3.05, 3.63) is 58.6 Å². The molecule has 0 fully saturated rings. The summed E-state index contributed by atoms with van der Waals surface area (Å²) >= 11 is 1.55. The summed E-state index contributed by atoms with van der Waals surface area (Å²) in [5.74, 6) is -0.962. The van der Waals surface area contributed by atoms with Crippen molar-refractivity contribution in [3.8, 4) is 16.3 Å². The predicted octanol–water partition coefficient (Wildman–Crippen LogP) is 3.92. The van der Waals surface area contributed by atoms with Crippen LogP contribution in [0.5, 0.6) is 0 Å². The molecule has 0 saturated carbocycles. The average Bonchev–Trinajstić information content (AvgIpc) is 3.05. The van der Waals surface area contributed by atoms with Gasteiger partial charge in [-0.25, -0.2) is 9.48 Å². The highest BCUT2D eigenvalue weighted by molar-refractivity contribution is 7.15. The lowest BCUT2D eigenvalue weighted by Crippen LogP contribution is -1.97. The Kier molecular flexibility index (Phi) is 3.35. The standard InChI is InChI=1S/C16H14N2O2S/c1-10-5-3-4-6-13(10)18-9-12(16(19)20)15(17-18)14-8-7-11(2)21-14/h3-9H,1-2H3,(H,19,20). The summed E-state index contributed by atoms with van der Waals surface area (Å²) in [6.45, 7) is 3.97. The van der Waals surface area contributed by atoms with Gasteiger partial charge in [-0.3, -0.25) is 0 Å². The highest BCUT2D eigenvalue weighted by Crippen LogP contribution is 2.30. The largest absolute Gasteiger partial charge is 0.478 e. The molecule has 3 rings (SSSR count). The summed E-state index contributed by atoms with van der Waals surface area (Å²) in [6, 6.07) is 11.7. The molecule has 2 aromatic heterocycles. The molecule has 0 aliphatic carbocycles. The Labute approximate surface area is 126 Å². The van der Waals surface area contributed by atoms with E-state index in [0.29, 0.717) is 5.69 Å². The molecule has 0 atom stereocenters. The van der Waals surface area contributed by atoms with Crippen molar-refractivity contribution in [2.45, 2.75) is 13.8 Å². The zero-order chi connectivity index (χ0) is 15.0. The number of carbonyl (C=O) groups is 1. The Hall–Kier alpha value is -2.40. The molecule has 21 heavy (non-hydrogen) atoms. The first-order valence-corrected chi connectivity index (χ1v) is 7.33. The van der Waals surface area contributed by atoms with Crippen LogP contribution in [0, 0.1) is 13.8 Å². The topological polar surface area (TPSA) is 55.1 Å². The number of carboxylic acid groups (broad SMARTS) is 1. The van der Waals surface area contributed by atoms with E-state index in [1.165, 1.54) is 0 Å². The van der Waals surface area contributed by atoms with E-state index in [2.05, 4.69) is 5.10 Å². The number of hydrogen-bond donors (Lipinski definition) is 1. The SMILES string of the molecule is Cc1ccc(-c2nn(-c3ccccc3C)cc2C(=O)O)s1. The van der Waals surface area contributed by atoms with Crippen LogP contribution < -0.4 is 0 Å². The molecule has 0 amide bonds. The Balaban J connectivity index is 2.18. The van der Waals surface area contributed by atoms with Gasteiger partial charge in [-0.2, -0.15) is 5.10 Å². The number of rotatable bonds is 3. The summed E-state index contributed by atoms with van der Waals surface area (Å²) in [5.41, 5.74) is 2.68. The number of nitrogens with zero attached hydrogens (tertiary/aromatic N) is 2. The molecular weight excluding hydrogens is 284 g/mol. The van der Waals surface area contributed by atoms with Crippen LogP contribution >= 0.6 is 11.3 Å². The second-order valence-electron chi connectivity index (χ2n) is 4.84. The summed E-state index contributed by atoms with van der Waals surface area (Å²) in [4.78, 5) is 13.5. The molecule has 0 radical (unpaired) electrons. The molecule has 3 aromatic rings. The van der Waals surface area contributed by atoms with Gasteiger partial charge in [0.1, 0.15) is 11.3 Å². The highest BCUT2D eigenvalue weighted by atomic mass is 32.1. The third-order valence-electron chi connectivity index (χ3n) is 3.28. The summed E-state index contributed by atoms with van der Waals surface area (Å²) in [7, 11) is 0. The van der Waals surface area contributed by atoms with Crippen molar-refractivity contribution >= 4 is 17.3 Å². The fourth-order valence-corrected chi connectivity index (χ4v) is 3.08. The maximum atomic E-state index is 11.5. The van der Waals surface area contributed by atoms with Crippen molar-refractivity contribution in [3.63, 3.8) is 0 Å². The first-order chi connectivity index (χ1) is 10.1. The Bertz CT molecular complexity index is 817. The number of hydrogen-bond acceptors (Lipinski definition) is 3. The lowest BCUT2D eigenvalue weighted by Gasteiger charge is -2.04. The molecule has 5 heteroatoms. The van der Waals surface area contributed by atoms with Crippen LogP contribution in [0.4, 0.5) is 0 Å². The van der Waals surface area contributed by atoms with Crippen molar-refractivity contribution in [1.82, 2.24) is 9.78 Å². The van der Waals surface area contributed by atoms with E-state index < -0.39 is 5.97 Å². The van der Waals surface area contributed by atoms with E-state index in [1.807, 2.05) is 50.2 Å². The van der Waals surface area contributed by atoms with Crippen LogP contribution in [-0.2, 0) is 0 Å². The molecular formula is C16H14N2O2S. The molecule has 0 spiro atoms. The molecule has 0 aliphatic heterocycles. The minimum Gasteiger partial charge on any atom is -0.478 e. The first kappa shape index (κ1) is 13.6. The van der Waals surface area contributed by atoms with E-state index in [-0.39, 0.29) is 5.56 Å². The third kappa shape index (κ3) is 2.48.